The van der Waals surface area contributed by atoms with E-state index in [4.69, 9.17) is 5.73 Å². The van der Waals surface area contributed by atoms with Gasteiger partial charge in [-0.25, -0.2) is 4.98 Å². The number of aromatic nitrogens is 2. The van der Waals surface area contributed by atoms with Gasteiger partial charge in [0, 0.05) is 6.54 Å². The van der Waals surface area contributed by atoms with Gasteiger partial charge in [-0.15, -0.1) is 0 Å². The number of nitrogens with one attached hydrogen (secondary N) is 3. The van der Waals surface area contributed by atoms with Gasteiger partial charge in [0.25, 0.3) is 0 Å². The first-order valence-electron chi connectivity index (χ1n) is 4.96. The maximum absolute atomic E-state index is 11.2. The standard InChI is InChI=1S/C9H17N5O/c1-3-4-11-7(15)5-12-9-8(10)13-6(2)14-9/h12H,3-5,10H2,1-2H3,(H,11,15)(H,13,14). The van der Waals surface area contributed by atoms with Crippen LogP contribution in [0.2, 0.25) is 0 Å². The summed E-state index contributed by atoms with van der Waals surface area (Å²) in [5.41, 5.74) is 5.62. The molecule has 0 aromatic carbocycles. The highest BCUT2D eigenvalue weighted by atomic mass is 16.1. The number of rotatable bonds is 5. The molecule has 0 unspecified atom stereocenters. The molecule has 0 fully saturated rings. The van der Waals surface area contributed by atoms with E-state index in [1.165, 1.54) is 0 Å². The number of imidazole rings is 1. The maximum atomic E-state index is 11.2. The Labute approximate surface area is 88.7 Å². The molecule has 1 aromatic heterocycles. The number of hydrogen-bond acceptors (Lipinski definition) is 4. The van der Waals surface area contributed by atoms with Crippen molar-refractivity contribution in [3.63, 3.8) is 0 Å². The number of nitrogen functional groups attached to an aromatic ring is 1. The van der Waals surface area contributed by atoms with Gasteiger partial charge in [0.2, 0.25) is 5.91 Å². The van der Waals surface area contributed by atoms with Crippen molar-refractivity contribution in [2.24, 2.45) is 0 Å². The average Bonchev–Trinajstić information content (AvgIpc) is 2.51. The molecule has 1 rings (SSSR count). The Kier molecular flexibility index (Phi) is 3.96. The smallest absolute Gasteiger partial charge is 0.239 e. The van der Waals surface area contributed by atoms with Gasteiger partial charge in [-0.05, 0) is 13.3 Å². The Morgan fingerprint density at radius 1 is 1.60 bits per heavy atom. The molecule has 84 valence electrons. The third-order valence-corrected chi connectivity index (χ3v) is 1.84. The van der Waals surface area contributed by atoms with Crippen molar-refractivity contribution < 1.29 is 4.79 Å². The molecular formula is C9H17N5O. The summed E-state index contributed by atoms with van der Waals surface area (Å²) in [6.45, 7) is 4.69. The van der Waals surface area contributed by atoms with E-state index in [9.17, 15) is 4.79 Å². The average molecular weight is 211 g/mol. The van der Waals surface area contributed by atoms with Crippen LogP contribution in [-0.4, -0.2) is 29.0 Å². The first-order chi connectivity index (χ1) is 7.13. The predicted octanol–water partition coefficient (Wildman–Crippen LogP) is 0.238. The van der Waals surface area contributed by atoms with Gasteiger partial charge in [-0.2, -0.15) is 0 Å². The Hall–Kier alpha value is -1.72. The summed E-state index contributed by atoms with van der Waals surface area (Å²) in [6.07, 6.45) is 0.926. The Balaban J connectivity index is 2.36. The molecule has 6 heteroatoms. The molecule has 0 aliphatic rings. The van der Waals surface area contributed by atoms with Gasteiger partial charge in [0.05, 0.1) is 6.54 Å². The number of nitrogens with zero attached hydrogens (tertiary/aromatic N) is 1. The maximum Gasteiger partial charge on any atom is 0.239 e. The Morgan fingerprint density at radius 3 is 2.87 bits per heavy atom. The normalized spacial score (nSPS) is 10.0. The van der Waals surface area contributed by atoms with Crippen LogP contribution in [0.3, 0.4) is 0 Å². The number of H-pyrrole nitrogens is 1. The summed E-state index contributed by atoms with van der Waals surface area (Å²) in [5.74, 6) is 1.65. The number of carbonyl (C=O) groups excluding carboxylic acids is 1. The van der Waals surface area contributed by atoms with Crippen molar-refractivity contribution in [1.82, 2.24) is 15.3 Å². The topological polar surface area (TPSA) is 95.8 Å². The highest BCUT2D eigenvalue weighted by Gasteiger charge is 2.05. The molecule has 5 N–H and O–H groups in total. The molecular weight excluding hydrogens is 194 g/mol. The van der Waals surface area contributed by atoms with Crippen molar-refractivity contribution in [3.05, 3.63) is 5.82 Å². The zero-order chi connectivity index (χ0) is 11.3. The molecule has 15 heavy (non-hydrogen) atoms. The molecule has 1 amide bonds. The molecule has 0 atom stereocenters. The minimum atomic E-state index is -0.0584. The molecule has 0 aliphatic carbocycles. The largest absolute Gasteiger partial charge is 0.382 e. The van der Waals surface area contributed by atoms with Crippen molar-refractivity contribution in [3.8, 4) is 0 Å². The number of nitrogens with two attached hydrogens (primary N) is 1. The van der Waals surface area contributed by atoms with Crippen molar-refractivity contribution in [1.29, 1.82) is 0 Å². The number of aromatic amines is 1. The molecule has 0 saturated carbocycles. The van der Waals surface area contributed by atoms with E-state index >= 15 is 0 Å². The van der Waals surface area contributed by atoms with E-state index in [1.54, 1.807) is 6.92 Å². The lowest BCUT2D eigenvalue weighted by Crippen LogP contribution is -2.30. The zero-order valence-electron chi connectivity index (χ0n) is 9.05. The van der Waals surface area contributed by atoms with Gasteiger partial charge < -0.3 is 21.4 Å². The molecule has 1 heterocycles. The van der Waals surface area contributed by atoms with Crippen LogP contribution in [0.25, 0.3) is 0 Å². The first kappa shape index (κ1) is 11.4. The second-order valence-electron chi connectivity index (χ2n) is 3.29. The number of carbonyl (C=O) groups is 1. The summed E-state index contributed by atoms with van der Waals surface area (Å²) >= 11 is 0. The Morgan fingerprint density at radius 2 is 2.33 bits per heavy atom. The molecule has 0 bridgehead atoms. The van der Waals surface area contributed by atoms with Gasteiger partial charge in [-0.3, -0.25) is 4.79 Å². The third-order valence-electron chi connectivity index (χ3n) is 1.84. The molecule has 0 radical (unpaired) electrons. The second kappa shape index (κ2) is 5.23. The van der Waals surface area contributed by atoms with Crippen LogP contribution in [0.1, 0.15) is 19.2 Å². The predicted molar refractivity (Wildman–Crippen MR) is 59.5 cm³/mol. The highest BCUT2D eigenvalue weighted by Crippen LogP contribution is 2.12. The van der Waals surface area contributed by atoms with Gasteiger partial charge in [0.15, 0.2) is 5.82 Å². The molecule has 0 spiro atoms. The lowest BCUT2D eigenvalue weighted by molar-refractivity contribution is -0.119. The quantitative estimate of drug-likeness (QED) is 0.561. The fraction of sp³-hybridized carbons (Fsp3) is 0.556. The van der Waals surface area contributed by atoms with E-state index in [0.717, 1.165) is 12.2 Å². The minimum absolute atomic E-state index is 0.0584. The monoisotopic (exact) mass is 211 g/mol. The van der Waals surface area contributed by atoms with E-state index in [2.05, 4.69) is 20.6 Å². The van der Waals surface area contributed by atoms with Crippen LogP contribution in [0.4, 0.5) is 11.6 Å². The SMILES string of the molecule is CCCNC(=O)CNc1nc(C)[nH]c1N. The van der Waals surface area contributed by atoms with Crippen LogP contribution in [0.15, 0.2) is 0 Å². The lowest BCUT2D eigenvalue weighted by Gasteiger charge is -2.04. The van der Waals surface area contributed by atoms with E-state index in [0.29, 0.717) is 18.2 Å². The molecule has 0 saturated heterocycles. The number of aryl methyl sites for hydroxylation is 1. The van der Waals surface area contributed by atoms with E-state index in [-0.39, 0.29) is 12.5 Å². The van der Waals surface area contributed by atoms with Crippen molar-refractivity contribution >= 4 is 17.5 Å². The Bertz CT molecular complexity index is 333. The van der Waals surface area contributed by atoms with Crippen LogP contribution in [0, 0.1) is 6.92 Å². The van der Waals surface area contributed by atoms with E-state index in [1.807, 2.05) is 6.92 Å². The molecule has 1 aromatic rings. The van der Waals surface area contributed by atoms with Crippen molar-refractivity contribution in [2.75, 3.05) is 24.1 Å². The number of hydrogen-bond donors (Lipinski definition) is 4. The first-order valence-corrected chi connectivity index (χ1v) is 4.96. The molecule has 6 nitrogen and oxygen atoms in total. The second-order valence-corrected chi connectivity index (χ2v) is 3.29. The fourth-order valence-corrected chi connectivity index (χ4v) is 1.14. The van der Waals surface area contributed by atoms with Crippen LogP contribution >= 0.6 is 0 Å². The summed E-state index contributed by atoms with van der Waals surface area (Å²) in [6, 6.07) is 0. The third kappa shape index (κ3) is 3.49. The van der Waals surface area contributed by atoms with Crippen LogP contribution < -0.4 is 16.4 Å². The number of anilines is 2. The van der Waals surface area contributed by atoms with Gasteiger partial charge in [0.1, 0.15) is 11.6 Å². The summed E-state index contributed by atoms with van der Waals surface area (Å²) < 4.78 is 0. The lowest BCUT2D eigenvalue weighted by atomic mass is 10.4. The fourth-order valence-electron chi connectivity index (χ4n) is 1.14. The van der Waals surface area contributed by atoms with Gasteiger partial charge in [-0.1, -0.05) is 6.92 Å². The summed E-state index contributed by atoms with van der Waals surface area (Å²) in [5, 5.41) is 5.61. The van der Waals surface area contributed by atoms with E-state index < -0.39 is 0 Å². The van der Waals surface area contributed by atoms with Crippen molar-refractivity contribution in [2.45, 2.75) is 20.3 Å². The summed E-state index contributed by atoms with van der Waals surface area (Å²) in [7, 11) is 0. The van der Waals surface area contributed by atoms with Crippen LogP contribution in [-0.2, 0) is 4.79 Å². The van der Waals surface area contributed by atoms with Crippen LogP contribution in [0.5, 0.6) is 0 Å². The minimum Gasteiger partial charge on any atom is -0.382 e. The summed E-state index contributed by atoms with van der Waals surface area (Å²) in [4.78, 5) is 18.2. The molecule has 0 aliphatic heterocycles. The highest BCUT2D eigenvalue weighted by molar-refractivity contribution is 5.81. The zero-order valence-corrected chi connectivity index (χ0v) is 9.05. The van der Waals surface area contributed by atoms with Gasteiger partial charge >= 0.3 is 0 Å². The number of amides is 1.